The molecule has 2 aliphatic rings. The molecule has 1 saturated heterocycles. The van der Waals surface area contributed by atoms with Gasteiger partial charge in [-0.3, -0.25) is 16.2 Å². The Balaban J connectivity index is 2.01. The van der Waals surface area contributed by atoms with Crippen LogP contribution in [0.4, 0.5) is 0 Å². The maximum absolute atomic E-state index is 5.70. The van der Waals surface area contributed by atoms with E-state index in [-0.39, 0.29) is 5.54 Å². The molecule has 1 atom stereocenters. The minimum atomic E-state index is 0.139. The minimum Gasteiger partial charge on any atom is -0.379 e. The van der Waals surface area contributed by atoms with E-state index >= 15 is 0 Å². The second-order valence-electron chi connectivity index (χ2n) is 5.23. The Morgan fingerprint density at radius 1 is 1.33 bits per heavy atom. The molecule has 1 saturated carbocycles. The molecule has 2 fully saturated rings. The van der Waals surface area contributed by atoms with Crippen molar-refractivity contribution in [2.24, 2.45) is 11.8 Å². The number of nitrogens with one attached hydrogen (secondary N) is 1. The topological polar surface area (TPSA) is 50.5 Å². The zero-order valence-electron chi connectivity index (χ0n) is 9.83. The van der Waals surface area contributed by atoms with E-state index in [0.717, 1.165) is 32.2 Å². The molecule has 0 radical (unpaired) electrons. The molecular weight excluding hydrogens is 190 g/mol. The third-order valence-corrected chi connectivity index (χ3v) is 3.86. The maximum atomic E-state index is 5.70. The van der Waals surface area contributed by atoms with E-state index in [1.54, 1.807) is 0 Å². The van der Waals surface area contributed by atoms with Crippen LogP contribution in [-0.2, 0) is 4.74 Å². The van der Waals surface area contributed by atoms with Gasteiger partial charge in [0.1, 0.15) is 0 Å². The zero-order chi connectivity index (χ0) is 10.9. The zero-order valence-corrected chi connectivity index (χ0v) is 9.83. The molecule has 0 amide bonds. The summed E-state index contributed by atoms with van der Waals surface area (Å²) < 4.78 is 5.39. The molecule has 0 aromatic rings. The highest BCUT2D eigenvalue weighted by Gasteiger charge is 2.43. The van der Waals surface area contributed by atoms with Crippen molar-refractivity contribution in [2.45, 2.75) is 38.3 Å². The molecule has 4 heteroatoms. The van der Waals surface area contributed by atoms with Crippen molar-refractivity contribution < 1.29 is 4.74 Å². The summed E-state index contributed by atoms with van der Waals surface area (Å²) in [5, 5.41) is 0. The van der Waals surface area contributed by atoms with Gasteiger partial charge < -0.3 is 4.74 Å². The van der Waals surface area contributed by atoms with Gasteiger partial charge >= 0.3 is 0 Å². The molecule has 0 spiro atoms. The van der Waals surface area contributed by atoms with Gasteiger partial charge in [-0.15, -0.1) is 0 Å². The molecule has 0 aromatic carbocycles. The van der Waals surface area contributed by atoms with Gasteiger partial charge in [-0.25, -0.2) is 0 Å². The fourth-order valence-corrected chi connectivity index (χ4v) is 2.68. The van der Waals surface area contributed by atoms with Crippen molar-refractivity contribution in [3.63, 3.8) is 0 Å². The number of hydrogen-bond acceptors (Lipinski definition) is 4. The molecular formula is C11H23N3O. The first-order valence-corrected chi connectivity index (χ1v) is 5.95. The van der Waals surface area contributed by atoms with E-state index in [0.29, 0.717) is 6.04 Å². The van der Waals surface area contributed by atoms with Gasteiger partial charge in [0.05, 0.1) is 13.2 Å². The second kappa shape index (κ2) is 4.37. The van der Waals surface area contributed by atoms with Crippen LogP contribution in [0.25, 0.3) is 0 Å². The summed E-state index contributed by atoms with van der Waals surface area (Å²) in [6.07, 6.45) is 2.64. The molecule has 15 heavy (non-hydrogen) atoms. The van der Waals surface area contributed by atoms with Crippen LogP contribution in [0.5, 0.6) is 0 Å². The summed E-state index contributed by atoms with van der Waals surface area (Å²) in [4.78, 5) is 2.50. The van der Waals surface area contributed by atoms with Crippen LogP contribution in [0.15, 0.2) is 0 Å². The van der Waals surface area contributed by atoms with Crippen molar-refractivity contribution in [2.75, 3.05) is 26.3 Å². The lowest BCUT2D eigenvalue weighted by atomic mass is 9.89. The van der Waals surface area contributed by atoms with E-state index in [1.165, 1.54) is 12.8 Å². The average molecular weight is 213 g/mol. The Bertz CT molecular complexity index is 210. The van der Waals surface area contributed by atoms with E-state index in [9.17, 15) is 0 Å². The van der Waals surface area contributed by atoms with E-state index in [1.807, 2.05) is 0 Å². The molecule has 88 valence electrons. The molecule has 0 aromatic heterocycles. The highest BCUT2D eigenvalue weighted by atomic mass is 16.5. The summed E-state index contributed by atoms with van der Waals surface area (Å²) in [6.45, 7) is 8.34. The van der Waals surface area contributed by atoms with Gasteiger partial charge in [0.2, 0.25) is 0 Å². The number of morpholine rings is 1. The third kappa shape index (κ3) is 2.33. The molecule has 1 unspecified atom stereocenters. The number of nitrogens with zero attached hydrogens (tertiary/aromatic N) is 1. The van der Waals surface area contributed by atoms with Gasteiger partial charge in [0.25, 0.3) is 0 Å². The number of hydrazine groups is 1. The van der Waals surface area contributed by atoms with Crippen LogP contribution in [0, 0.1) is 5.92 Å². The first-order chi connectivity index (χ1) is 7.16. The standard InChI is InChI=1S/C11H23N3O/c1-11(2,10(13-12)9-3-4-9)14-5-7-15-8-6-14/h9-10,13H,3-8,12H2,1-2H3. The molecule has 0 bridgehead atoms. The lowest BCUT2D eigenvalue weighted by Gasteiger charge is -2.45. The highest BCUT2D eigenvalue weighted by molar-refractivity contribution is 5.01. The van der Waals surface area contributed by atoms with Crippen LogP contribution < -0.4 is 11.3 Å². The van der Waals surface area contributed by atoms with Crippen LogP contribution >= 0.6 is 0 Å². The Kier molecular flexibility index (Phi) is 3.30. The Morgan fingerprint density at radius 2 is 1.93 bits per heavy atom. The minimum absolute atomic E-state index is 0.139. The maximum Gasteiger partial charge on any atom is 0.0594 e. The molecule has 1 aliphatic heterocycles. The number of hydrogen-bond donors (Lipinski definition) is 2. The Hall–Kier alpha value is -0.160. The predicted octanol–water partition coefficient (Wildman–Crippen LogP) is 0.339. The summed E-state index contributed by atoms with van der Waals surface area (Å²) in [7, 11) is 0. The second-order valence-corrected chi connectivity index (χ2v) is 5.23. The van der Waals surface area contributed by atoms with E-state index in [2.05, 4.69) is 24.2 Å². The molecule has 1 aliphatic carbocycles. The smallest absolute Gasteiger partial charge is 0.0594 e. The quantitative estimate of drug-likeness (QED) is 0.522. The monoisotopic (exact) mass is 213 g/mol. The average Bonchev–Trinajstić information content (AvgIpc) is 3.04. The fraction of sp³-hybridized carbons (Fsp3) is 1.00. The fourth-order valence-electron chi connectivity index (χ4n) is 2.68. The van der Waals surface area contributed by atoms with Crippen molar-refractivity contribution in [1.29, 1.82) is 0 Å². The molecule has 4 nitrogen and oxygen atoms in total. The largest absolute Gasteiger partial charge is 0.379 e. The normalized spacial score (nSPS) is 26.6. The summed E-state index contributed by atoms with van der Waals surface area (Å²) in [5.41, 5.74) is 3.16. The van der Waals surface area contributed by atoms with Crippen molar-refractivity contribution in [3.05, 3.63) is 0 Å². The Morgan fingerprint density at radius 3 is 2.40 bits per heavy atom. The third-order valence-electron chi connectivity index (χ3n) is 3.86. The molecule has 1 heterocycles. The predicted molar refractivity (Wildman–Crippen MR) is 60.3 cm³/mol. The van der Waals surface area contributed by atoms with Crippen molar-refractivity contribution >= 4 is 0 Å². The van der Waals surface area contributed by atoms with Crippen LogP contribution in [0.3, 0.4) is 0 Å². The van der Waals surface area contributed by atoms with Crippen LogP contribution in [0.1, 0.15) is 26.7 Å². The van der Waals surface area contributed by atoms with Gasteiger partial charge in [-0.2, -0.15) is 0 Å². The van der Waals surface area contributed by atoms with Gasteiger partial charge in [0.15, 0.2) is 0 Å². The van der Waals surface area contributed by atoms with Crippen LogP contribution in [0.2, 0.25) is 0 Å². The highest BCUT2D eigenvalue weighted by Crippen LogP contribution is 2.38. The summed E-state index contributed by atoms with van der Waals surface area (Å²) in [6, 6.07) is 0.413. The van der Waals surface area contributed by atoms with Crippen LogP contribution in [-0.4, -0.2) is 42.8 Å². The van der Waals surface area contributed by atoms with Crippen molar-refractivity contribution in [3.8, 4) is 0 Å². The first kappa shape index (κ1) is 11.3. The Labute approximate surface area is 92.1 Å². The lowest BCUT2D eigenvalue weighted by molar-refractivity contribution is -0.0262. The van der Waals surface area contributed by atoms with Crippen molar-refractivity contribution in [1.82, 2.24) is 10.3 Å². The van der Waals surface area contributed by atoms with E-state index < -0.39 is 0 Å². The SMILES string of the molecule is CC(C)(C(NN)C1CC1)N1CCOCC1. The number of nitrogens with two attached hydrogens (primary N) is 1. The van der Waals surface area contributed by atoms with Gasteiger partial charge in [-0.05, 0) is 32.6 Å². The summed E-state index contributed by atoms with van der Waals surface area (Å²) in [5.74, 6) is 6.47. The van der Waals surface area contributed by atoms with E-state index in [4.69, 9.17) is 10.6 Å². The number of ether oxygens (including phenoxy) is 1. The molecule has 3 N–H and O–H groups in total. The van der Waals surface area contributed by atoms with Gasteiger partial charge in [0, 0.05) is 24.7 Å². The number of rotatable bonds is 4. The molecule has 2 rings (SSSR count). The van der Waals surface area contributed by atoms with Gasteiger partial charge in [-0.1, -0.05) is 0 Å². The summed E-state index contributed by atoms with van der Waals surface area (Å²) >= 11 is 0. The lowest BCUT2D eigenvalue weighted by Crippen LogP contribution is -2.62. The first-order valence-electron chi connectivity index (χ1n) is 5.95.